The average Bonchev–Trinajstić information content (AvgIpc) is 3.25. The number of carbonyl (C=O) groups is 1. The molecule has 0 aliphatic carbocycles. The van der Waals surface area contributed by atoms with E-state index in [2.05, 4.69) is 28.9 Å². The van der Waals surface area contributed by atoms with E-state index in [-0.39, 0.29) is 0 Å². The summed E-state index contributed by atoms with van der Waals surface area (Å²) in [6.07, 6.45) is -0.599. The number of aliphatic carboxylic acids is 1. The minimum absolute atomic E-state index is 0.403. The molecule has 2 N–H and O–H groups in total. The van der Waals surface area contributed by atoms with Crippen LogP contribution in [0.3, 0.4) is 0 Å². The van der Waals surface area contributed by atoms with E-state index >= 15 is 0 Å². The van der Waals surface area contributed by atoms with Crippen molar-refractivity contribution in [3.63, 3.8) is 0 Å². The summed E-state index contributed by atoms with van der Waals surface area (Å²) < 4.78 is 5.27. The highest BCUT2D eigenvalue weighted by Crippen LogP contribution is 2.15. The van der Waals surface area contributed by atoms with Crippen LogP contribution in [0.2, 0.25) is 0 Å². The molecule has 0 fully saturated rings. The smallest absolute Gasteiger partial charge is 0.337 e. The second kappa shape index (κ2) is 11.7. The number of likely N-dealkylation sites (N-methyl/N-ethyl adjacent to an activating group) is 1. The number of benzene rings is 2. The van der Waals surface area contributed by atoms with E-state index in [0.717, 1.165) is 31.6 Å². The van der Waals surface area contributed by atoms with Crippen LogP contribution in [0.25, 0.3) is 11.4 Å². The Kier molecular flexibility index (Phi) is 9.01. The van der Waals surface area contributed by atoms with Crippen molar-refractivity contribution in [2.24, 2.45) is 0 Å². The standard InChI is InChI=1S/C14H19N3O.C8H8O3/c1-3-17(4-2)11-10-13-15-14(16-18-13)12-8-6-5-7-9-12;9-7(8(10)11)6-4-2-1-3-5-6/h5-9H,3-4,10-11H2,1-2H3;1-5,7,9H,(H,10,11). The minimum Gasteiger partial charge on any atom is -0.479 e. The molecule has 1 unspecified atom stereocenters. The minimum atomic E-state index is -1.41. The summed E-state index contributed by atoms with van der Waals surface area (Å²) >= 11 is 0. The molecule has 0 radical (unpaired) electrons. The van der Waals surface area contributed by atoms with Crippen LogP contribution in [-0.2, 0) is 11.2 Å². The molecule has 0 spiro atoms. The predicted octanol–water partition coefficient (Wildman–Crippen LogP) is 3.43. The largest absolute Gasteiger partial charge is 0.479 e. The highest BCUT2D eigenvalue weighted by atomic mass is 16.5. The number of nitrogens with zero attached hydrogens (tertiary/aromatic N) is 3. The number of rotatable bonds is 8. The van der Waals surface area contributed by atoms with Gasteiger partial charge in [0.1, 0.15) is 0 Å². The Morgan fingerprint density at radius 2 is 1.62 bits per heavy atom. The summed E-state index contributed by atoms with van der Waals surface area (Å²) in [7, 11) is 0. The second-order valence-electron chi connectivity index (χ2n) is 6.31. The summed E-state index contributed by atoms with van der Waals surface area (Å²) in [6, 6.07) is 18.2. The number of aliphatic hydroxyl groups is 1. The van der Waals surface area contributed by atoms with E-state index in [1.54, 1.807) is 30.3 Å². The SMILES string of the molecule is CCN(CC)CCc1nc(-c2ccccc2)no1.O=C(O)C(O)c1ccccc1. The van der Waals surface area contributed by atoms with Gasteiger partial charge in [-0.25, -0.2) is 4.79 Å². The molecule has 154 valence electrons. The quantitative estimate of drug-likeness (QED) is 0.601. The zero-order valence-corrected chi connectivity index (χ0v) is 16.7. The normalized spacial score (nSPS) is 11.6. The van der Waals surface area contributed by atoms with E-state index in [1.807, 2.05) is 30.3 Å². The van der Waals surface area contributed by atoms with Crippen molar-refractivity contribution in [1.29, 1.82) is 0 Å². The number of carboxylic acids is 1. The third-order valence-corrected chi connectivity index (χ3v) is 4.39. The predicted molar refractivity (Wildman–Crippen MR) is 110 cm³/mol. The molecule has 0 bridgehead atoms. The average molecular weight is 397 g/mol. The van der Waals surface area contributed by atoms with E-state index < -0.39 is 12.1 Å². The fourth-order valence-electron chi connectivity index (χ4n) is 2.63. The zero-order valence-electron chi connectivity index (χ0n) is 16.7. The molecular weight excluding hydrogens is 370 g/mol. The van der Waals surface area contributed by atoms with Gasteiger partial charge in [0.15, 0.2) is 6.10 Å². The number of aromatic nitrogens is 2. The van der Waals surface area contributed by atoms with Crippen molar-refractivity contribution in [3.05, 3.63) is 72.1 Å². The van der Waals surface area contributed by atoms with Gasteiger partial charge < -0.3 is 19.6 Å². The topological polar surface area (TPSA) is 99.7 Å². The van der Waals surface area contributed by atoms with Gasteiger partial charge >= 0.3 is 5.97 Å². The molecule has 7 heteroatoms. The highest BCUT2D eigenvalue weighted by molar-refractivity contribution is 5.73. The number of carboxylic acid groups (broad SMARTS) is 1. The van der Waals surface area contributed by atoms with Gasteiger partial charge in [-0.15, -0.1) is 0 Å². The van der Waals surface area contributed by atoms with Gasteiger partial charge in [-0.2, -0.15) is 4.98 Å². The van der Waals surface area contributed by atoms with E-state index in [9.17, 15) is 4.79 Å². The second-order valence-corrected chi connectivity index (χ2v) is 6.31. The molecule has 0 aliphatic heterocycles. The van der Waals surface area contributed by atoms with Crippen LogP contribution in [0, 0.1) is 0 Å². The van der Waals surface area contributed by atoms with E-state index in [0.29, 0.717) is 17.3 Å². The van der Waals surface area contributed by atoms with Crippen LogP contribution in [0.1, 0.15) is 31.4 Å². The Labute approximate surface area is 170 Å². The Balaban J connectivity index is 0.000000234. The maximum atomic E-state index is 10.2. The van der Waals surface area contributed by atoms with E-state index in [4.69, 9.17) is 14.7 Å². The molecule has 2 aromatic carbocycles. The zero-order chi connectivity index (χ0) is 21.1. The van der Waals surface area contributed by atoms with Crippen molar-refractivity contribution in [2.45, 2.75) is 26.4 Å². The third-order valence-electron chi connectivity index (χ3n) is 4.39. The summed E-state index contributed by atoms with van der Waals surface area (Å²) in [6.45, 7) is 7.38. The van der Waals surface area contributed by atoms with Crippen molar-refractivity contribution in [3.8, 4) is 11.4 Å². The van der Waals surface area contributed by atoms with Crippen LogP contribution in [-0.4, -0.2) is 50.9 Å². The van der Waals surface area contributed by atoms with Gasteiger partial charge in [0.25, 0.3) is 0 Å². The first-order valence-corrected chi connectivity index (χ1v) is 9.61. The maximum absolute atomic E-state index is 10.2. The van der Waals surface area contributed by atoms with Gasteiger partial charge in [0.05, 0.1) is 0 Å². The van der Waals surface area contributed by atoms with Crippen LogP contribution < -0.4 is 0 Å². The summed E-state index contributed by atoms with van der Waals surface area (Å²) in [5, 5.41) is 21.4. The number of hydrogen-bond donors (Lipinski definition) is 2. The van der Waals surface area contributed by atoms with Gasteiger partial charge in [-0.05, 0) is 18.7 Å². The molecule has 1 aromatic heterocycles. The monoisotopic (exact) mass is 397 g/mol. The molecule has 0 saturated carbocycles. The summed E-state index contributed by atoms with van der Waals surface area (Å²) in [4.78, 5) is 17.0. The van der Waals surface area contributed by atoms with Crippen molar-refractivity contribution < 1.29 is 19.5 Å². The molecule has 1 atom stereocenters. The molecule has 3 aromatic rings. The maximum Gasteiger partial charge on any atom is 0.337 e. The molecule has 0 amide bonds. The van der Waals surface area contributed by atoms with Gasteiger partial charge in [0.2, 0.25) is 11.7 Å². The molecule has 7 nitrogen and oxygen atoms in total. The lowest BCUT2D eigenvalue weighted by molar-refractivity contribution is -0.146. The first-order chi connectivity index (χ1) is 14.0. The fourth-order valence-corrected chi connectivity index (χ4v) is 2.63. The Morgan fingerprint density at radius 3 is 2.17 bits per heavy atom. The molecular formula is C22H27N3O4. The van der Waals surface area contributed by atoms with Gasteiger partial charge in [-0.1, -0.05) is 79.7 Å². The van der Waals surface area contributed by atoms with Gasteiger partial charge in [-0.3, -0.25) is 0 Å². The highest BCUT2D eigenvalue weighted by Gasteiger charge is 2.14. The first kappa shape index (κ1) is 22.3. The van der Waals surface area contributed by atoms with Crippen molar-refractivity contribution in [1.82, 2.24) is 15.0 Å². The number of aliphatic hydroxyl groups excluding tert-OH is 1. The summed E-state index contributed by atoms with van der Waals surface area (Å²) in [5.41, 5.74) is 1.40. The molecule has 0 saturated heterocycles. The fraction of sp³-hybridized carbons (Fsp3) is 0.318. The third kappa shape index (κ3) is 7.14. The van der Waals surface area contributed by atoms with Crippen LogP contribution in [0.5, 0.6) is 0 Å². The summed E-state index contributed by atoms with van der Waals surface area (Å²) in [5.74, 6) is 0.155. The Bertz CT molecular complexity index is 849. The first-order valence-electron chi connectivity index (χ1n) is 9.61. The van der Waals surface area contributed by atoms with Crippen molar-refractivity contribution in [2.75, 3.05) is 19.6 Å². The van der Waals surface area contributed by atoms with Crippen LogP contribution in [0.15, 0.2) is 65.2 Å². The van der Waals surface area contributed by atoms with E-state index in [1.165, 1.54) is 0 Å². The molecule has 3 rings (SSSR count). The number of hydrogen-bond acceptors (Lipinski definition) is 6. The lowest BCUT2D eigenvalue weighted by Gasteiger charge is -2.15. The van der Waals surface area contributed by atoms with Crippen molar-refractivity contribution >= 4 is 5.97 Å². The van der Waals surface area contributed by atoms with Crippen LogP contribution in [0.4, 0.5) is 0 Å². The lowest BCUT2D eigenvalue weighted by Crippen LogP contribution is -2.25. The molecule has 29 heavy (non-hydrogen) atoms. The molecule has 1 heterocycles. The van der Waals surface area contributed by atoms with Crippen LogP contribution >= 0.6 is 0 Å². The Morgan fingerprint density at radius 1 is 1.03 bits per heavy atom. The molecule has 0 aliphatic rings. The lowest BCUT2D eigenvalue weighted by atomic mass is 10.1. The van der Waals surface area contributed by atoms with Gasteiger partial charge in [0, 0.05) is 18.5 Å². The Hall–Kier alpha value is -3.03.